The van der Waals surface area contributed by atoms with Crippen LogP contribution in [0.3, 0.4) is 0 Å². The molecule has 0 aliphatic heterocycles. The first kappa shape index (κ1) is 22.9. The van der Waals surface area contributed by atoms with E-state index >= 15 is 0 Å². The lowest BCUT2D eigenvalue weighted by Crippen LogP contribution is -2.16. The molecular weight excluding hydrogens is 408 g/mol. The van der Waals surface area contributed by atoms with E-state index in [2.05, 4.69) is 41.5 Å². The van der Waals surface area contributed by atoms with E-state index in [-0.39, 0.29) is 17.8 Å². The monoisotopic (exact) mass is 438 g/mol. The second-order valence-electron chi connectivity index (χ2n) is 7.99. The van der Waals surface area contributed by atoms with Gasteiger partial charge in [-0.1, -0.05) is 55.9 Å². The zero-order chi connectivity index (χ0) is 22.5. The van der Waals surface area contributed by atoms with Crippen LogP contribution in [0.2, 0.25) is 0 Å². The van der Waals surface area contributed by atoms with Crippen LogP contribution in [0, 0.1) is 13.8 Å². The van der Waals surface area contributed by atoms with E-state index in [1.807, 2.05) is 62.7 Å². The molecule has 1 atom stereocenters. The average molecular weight is 439 g/mol. The molecule has 164 valence electrons. The molecular formula is C24H30N4O2S. The van der Waals surface area contributed by atoms with E-state index in [4.69, 9.17) is 4.74 Å². The molecule has 1 N–H and O–H groups in total. The molecule has 0 saturated carbocycles. The van der Waals surface area contributed by atoms with Gasteiger partial charge in [0, 0.05) is 12.7 Å². The Balaban J connectivity index is 1.59. The number of rotatable bonds is 8. The Morgan fingerprint density at radius 2 is 1.71 bits per heavy atom. The fourth-order valence-electron chi connectivity index (χ4n) is 3.31. The molecule has 1 amide bonds. The van der Waals surface area contributed by atoms with Crippen LogP contribution in [-0.2, 0) is 11.8 Å². The standard InChI is InChI=1S/C24H30N4O2S/c1-15(2)19-10-12-20(13-11-19)30-18(5)23-26-27-24(28(23)6)31-14-21(29)25-22-16(3)8-7-9-17(22)4/h7-13,15,18H,14H2,1-6H3,(H,25,29). The summed E-state index contributed by atoms with van der Waals surface area (Å²) in [5.41, 5.74) is 4.24. The van der Waals surface area contributed by atoms with Gasteiger partial charge in [-0.25, -0.2) is 0 Å². The molecule has 3 rings (SSSR count). The zero-order valence-electron chi connectivity index (χ0n) is 19.0. The predicted octanol–water partition coefficient (Wildman–Crippen LogP) is 5.43. The molecule has 0 saturated heterocycles. The molecule has 0 bridgehead atoms. The normalized spacial score (nSPS) is 12.1. The Kier molecular flexibility index (Phi) is 7.38. The van der Waals surface area contributed by atoms with Gasteiger partial charge in [0.25, 0.3) is 0 Å². The zero-order valence-corrected chi connectivity index (χ0v) is 19.8. The highest BCUT2D eigenvalue weighted by molar-refractivity contribution is 7.99. The van der Waals surface area contributed by atoms with Crippen molar-refractivity contribution in [1.29, 1.82) is 0 Å². The number of aromatic nitrogens is 3. The summed E-state index contributed by atoms with van der Waals surface area (Å²) < 4.78 is 7.93. The number of carbonyl (C=O) groups excluding carboxylic acids is 1. The predicted molar refractivity (Wildman–Crippen MR) is 126 cm³/mol. The number of nitrogens with zero attached hydrogens (tertiary/aromatic N) is 3. The fraction of sp³-hybridized carbons (Fsp3) is 0.375. The van der Waals surface area contributed by atoms with Crippen molar-refractivity contribution in [3.8, 4) is 5.75 Å². The molecule has 0 fully saturated rings. The van der Waals surface area contributed by atoms with Crippen molar-refractivity contribution < 1.29 is 9.53 Å². The van der Waals surface area contributed by atoms with Crippen molar-refractivity contribution in [1.82, 2.24) is 14.8 Å². The third-order valence-corrected chi connectivity index (χ3v) is 6.19. The minimum atomic E-state index is -0.264. The highest BCUT2D eigenvalue weighted by atomic mass is 32.2. The van der Waals surface area contributed by atoms with Gasteiger partial charge < -0.3 is 14.6 Å². The summed E-state index contributed by atoms with van der Waals surface area (Å²) in [6.45, 7) is 10.3. The number of amides is 1. The van der Waals surface area contributed by atoms with Gasteiger partial charge in [-0.15, -0.1) is 10.2 Å². The van der Waals surface area contributed by atoms with E-state index in [0.717, 1.165) is 22.6 Å². The Morgan fingerprint density at radius 1 is 1.06 bits per heavy atom. The summed E-state index contributed by atoms with van der Waals surface area (Å²) in [6.07, 6.45) is -0.264. The molecule has 31 heavy (non-hydrogen) atoms. The maximum absolute atomic E-state index is 12.4. The molecule has 3 aromatic rings. The van der Waals surface area contributed by atoms with Crippen LogP contribution in [0.5, 0.6) is 5.75 Å². The SMILES string of the molecule is Cc1cccc(C)c1NC(=O)CSc1nnc(C(C)Oc2ccc(C(C)C)cc2)n1C. The van der Waals surface area contributed by atoms with Gasteiger partial charge in [0.1, 0.15) is 5.75 Å². The van der Waals surface area contributed by atoms with Gasteiger partial charge in [-0.05, 0) is 55.5 Å². The van der Waals surface area contributed by atoms with Crippen molar-refractivity contribution in [3.05, 3.63) is 65.0 Å². The molecule has 1 unspecified atom stereocenters. The van der Waals surface area contributed by atoms with Crippen LogP contribution in [0.15, 0.2) is 47.6 Å². The number of hydrogen-bond donors (Lipinski definition) is 1. The second kappa shape index (κ2) is 10.0. The number of carbonyl (C=O) groups is 1. The van der Waals surface area contributed by atoms with Crippen LogP contribution in [0.25, 0.3) is 0 Å². The van der Waals surface area contributed by atoms with Gasteiger partial charge in [-0.2, -0.15) is 0 Å². The Bertz CT molecular complexity index is 1020. The molecule has 1 aromatic heterocycles. The summed E-state index contributed by atoms with van der Waals surface area (Å²) in [6, 6.07) is 14.1. The lowest BCUT2D eigenvalue weighted by Gasteiger charge is -2.15. The molecule has 0 spiro atoms. The third-order valence-electron chi connectivity index (χ3n) is 5.17. The lowest BCUT2D eigenvalue weighted by molar-refractivity contribution is -0.113. The highest BCUT2D eigenvalue weighted by Crippen LogP contribution is 2.26. The Hall–Kier alpha value is -2.80. The quantitative estimate of drug-likeness (QED) is 0.475. The molecule has 1 heterocycles. The minimum Gasteiger partial charge on any atom is -0.483 e. The second-order valence-corrected chi connectivity index (χ2v) is 8.93. The molecule has 0 aliphatic rings. The van der Waals surface area contributed by atoms with Crippen LogP contribution in [0.4, 0.5) is 5.69 Å². The summed E-state index contributed by atoms with van der Waals surface area (Å²) in [5, 5.41) is 12.2. The number of ether oxygens (including phenoxy) is 1. The smallest absolute Gasteiger partial charge is 0.234 e. The summed E-state index contributed by atoms with van der Waals surface area (Å²) >= 11 is 1.36. The Morgan fingerprint density at radius 3 is 2.32 bits per heavy atom. The number of hydrogen-bond acceptors (Lipinski definition) is 5. The van der Waals surface area contributed by atoms with Crippen LogP contribution < -0.4 is 10.1 Å². The van der Waals surface area contributed by atoms with Crippen molar-refractivity contribution in [2.75, 3.05) is 11.1 Å². The summed E-state index contributed by atoms with van der Waals surface area (Å²) in [5.74, 6) is 2.18. The minimum absolute atomic E-state index is 0.0681. The average Bonchev–Trinajstić information content (AvgIpc) is 3.10. The first-order valence-corrected chi connectivity index (χ1v) is 11.4. The van der Waals surface area contributed by atoms with E-state index in [0.29, 0.717) is 16.9 Å². The van der Waals surface area contributed by atoms with Crippen molar-refractivity contribution >= 4 is 23.4 Å². The van der Waals surface area contributed by atoms with Crippen LogP contribution in [-0.4, -0.2) is 26.4 Å². The maximum Gasteiger partial charge on any atom is 0.234 e. The van der Waals surface area contributed by atoms with Crippen molar-refractivity contribution in [2.24, 2.45) is 7.05 Å². The largest absolute Gasteiger partial charge is 0.483 e. The summed E-state index contributed by atoms with van der Waals surface area (Å²) in [7, 11) is 1.89. The summed E-state index contributed by atoms with van der Waals surface area (Å²) in [4.78, 5) is 12.4. The number of thioether (sulfide) groups is 1. The number of nitrogens with one attached hydrogen (secondary N) is 1. The van der Waals surface area contributed by atoms with Crippen molar-refractivity contribution in [3.63, 3.8) is 0 Å². The molecule has 6 nitrogen and oxygen atoms in total. The number of para-hydroxylation sites is 1. The number of anilines is 1. The maximum atomic E-state index is 12.4. The van der Waals surface area contributed by atoms with Gasteiger partial charge in [-0.3, -0.25) is 4.79 Å². The van der Waals surface area contributed by atoms with Gasteiger partial charge in [0.2, 0.25) is 5.91 Å². The molecule has 0 aliphatic carbocycles. The van der Waals surface area contributed by atoms with Gasteiger partial charge in [0.05, 0.1) is 5.75 Å². The number of aryl methyl sites for hydroxylation is 2. The topological polar surface area (TPSA) is 69.0 Å². The van der Waals surface area contributed by atoms with E-state index in [1.54, 1.807) is 0 Å². The van der Waals surface area contributed by atoms with Crippen LogP contribution >= 0.6 is 11.8 Å². The Labute approximate surface area is 188 Å². The lowest BCUT2D eigenvalue weighted by atomic mass is 10.0. The first-order chi connectivity index (χ1) is 14.8. The highest BCUT2D eigenvalue weighted by Gasteiger charge is 2.18. The molecule has 2 aromatic carbocycles. The molecule has 7 heteroatoms. The van der Waals surface area contributed by atoms with E-state index < -0.39 is 0 Å². The van der Waals surface area contributed by atoms with E-state index in [1.165, 1.54) is 17.3 Å². The van der Waals surface area contributed by atoms with Crippen LogP contribution in [0.1, 0.15) is 55.3 Å². The fourth-order valence-corrected chi connectivity index (χ4v) is 4.03. The van der Waals surface area contributed by atoms with Gasteiger partial charge in [0.15, 0.2) is 17.1 Å². The van der Waals surface area contributed by atoms with E-state index in [9.17, 15) is 4.79 Å². The van der Waals surface area contributed by atoms with Crippen molar-refractivity contribution in [2.45, 2.75) is 51.8 Å². The molecule has 0 radical (unpaired) electrons. The first-order valence-electron chi connectivity index (χ1n) is 10.4. The third kappa shape index (κ3) is 5.67. The van der Waals surface area contributed by atoms with Gasteiger partial charge >= 0.3 is 0 Å². The number of benzene rings is 2.